The molecule has 1 saturated heterocycles. The molecule has 2 aromatic rings. The number of nitrogens with zero attached hydrogens (tertiary/aromatic N) is 1. The Morgan fingerprint density at radius 1 is 1.06 bits per heavy atom. The third-order valence-corrected chi connectivity index (χ3v) is 5.72. The predicted octanol–water partition coefficient (Wildman–Crippen LogP) is 3.73. The standard InChI is InChI=1S/C26H30N2O6/c1-3-4-14-33-25(31)20-10-12-22(13-11-20)27-23(29)17-34-26(32)21-15-24(30)28(16-21)18(2)19-8-6-5-7-9-19/h5-13,18,21H,3-4,14-17H2,1-2H3,(H,27,29)/t18-,21+/m1/s1. The van der Waals surface area contributed by atoms with Gasteiger partial charge in [0.2, 0.25) is 5.91 Å². The van der Waals surface area contributed by atoms with Crippen molar-refractivity contribution in [2.45, 2.75) is 39.2 Å². The highest BCUT2D eigenvalue weighted by molar-refractivity contribution is 5.95. The summed E-state index contributed by atoms with van der Waals surface area (Å²) < 4.78 is 10.3. The molecule has 3 rings (SSSR count). The van der Waals surface area contributed by atoms with E-state index in [2.05, 4.69) is 5.32 Å². The van der Waals surface area contributed by atoms with E-state index < -0.39 is 30.4 Å². The summed E-state index contributed by atoms with van der Waals surface area (Å²) in [6.07, 6.45) is 1.80. The number of rotatable bonds is 10. The summed E-state index contributed by atoms with van der Waals surface area (Å²) in [6.45, 7) is 4.10. The largest absolute Gasteiger partial charge is 0.462 e. The predicted molar refractivity (Wildman–Crippen MR) is 126 cm³/mol. The first-order valence-corrected chi connectivity index (χ1v) is 11.5. The van der Waals surface area contributed by atoms with Gasteiger partial charge in [-0.15, -0.1) is 0 Å². The summed E-state index contributed by atoms with van der Waals surface area (Å²) in [5.74, 6) is -2.22. The van der Waals surface area contributed by atoms with Crippen molar-refractivity contribution < 1.29 is 28.7 Å². The molecule has 2 amide bonds. The van der Waals surface area contributed by atoms with Gasteiger partial charge in [0, 0.05) is 18.7 Å². The number of carbonyl (C=O) groups is 4. The van der Waals surface area contributed by atoms with Crippen molar-refractivity contribution in [2.75, 3.05) is 25.1 Å². The zero-order chi connectivity index (χ0) is 24.5. The molecule has 2 aromatic carbocycles. The Balaban J connectivity index is 1.44. The molecular formula is C26H30N2O6. The van der Waals surface area contributed by atoms with E-state index in [1.807, 2.05) is 44.2 Å². The summed E-state index contributed by atoms with van der Waals surface area (Å²) in [5.41, 5.74) is 1.84. The minimum absolute atomic E-state index is 0.0629. The monoisotopic (exact) mass is 466 g/mol. The van der Waals surface area contributed by atoms with Crippen LogP contribution in [-0.2, 0) is 23.9 Å². The van der Waals surface area contributed by atoms with Crippen LogP contribution in [0.2, 0.25) is 0 Å². The quantitative estimate of drug-likeness (QED) is 0.423. The van der Waals surface area contributed by atoms with Gasteiger partial charge in [-0.25, -0.2) is 4.79 Å². The summed E-state index contributed by atoms with van der Waals surface area (Å²) in [4.78, 5) is 50.7. The highest BCUT2D eigenvalue weighted by Crippen LogP contribution is 2.29. The molecule has 8 nitrogen and oxygen atoms in total. The summed E-state index contributed by atoms with van der Waals surface area (Å²) in [5, 5.41) is 2.62. The number of esters is 2. The highest BCUT2D eigenvalue weighted by atomic mass is 16.5. The average Bonchev–Trinajstić information content (AvgIpc) is 3.24. The normalized spacial score (nSPS) is 16.1. The van der Waals surface area contributed by atoms with Crippen LogP contribution >= 0.6 is 0 Å². The van der Waals surface area contributed by atoms with Crippen LogP contribution in [0, 0.1) is 5.92 Å². The molecule has 0 radical (unpaired) electrons. The summed E-state index contributed by atoms with van der Waals surface area (Å²) in [6, 6.07) is 15.7. The van der Waals surface area contributed by atoms with Crippen molar-refractivity contribution in [3.05, 3.63) is 65.7 Å². The second-order valence-corrected chi connectivity index (χ2v) is 8.26. The molecule has 0 unspecified atom stereocenters. The minimum atomic E-state index is -0.607. The molecule has 1 aliphatic rings. The first-order valence-electron chi connectivity index (χ1n) is 11.5. The fraction of sp³-hybridized carbons (Fsp3) is 0.385. The first-order chi connectivity index (χ1) is 16.4. The van der Waals surface area contributed by atoms with Crippen LogP contribution < -0.4 is 5.32 Å². The Labute approximate surface area is 199 Å². The Kier molecular flexibility index (Phi) is 8.79. The number of benzene rings is 2. The third-order valence-electron chi connectivity index (χ3n) is 5.72. The molecule has 1 aliphatic heterocycles. The maximum atomic E-state index is 12.4. The Morgan fingerprint density at radius 2 is 1.76 bits per heavy atom. The molecule has 8 heteroatoms. The van der Waals surface area contributed by atoms with Crippen LogP contribution in [-0.4, -0.2) is 48.4 Å². The van der Waals surface area contributed by atoms with Gasteiger partial charge in [-0.2, -0.15) is 0 Å². The van der Waals surface area contributed by atoms with E-state index in [4.69, 9.17) is 9.47 Å². The molecule has 0 aromatic heterocycles. The van der Waals surface area contributed by atoms with Crippen LogP contribution in [0.1, 0.15) is 55.1 Å². The Hall–Kier alpha value is -3.68. The maximum absolute atomic E-state index is 12.4. The van der Waals surface area contributed by atoms with E-state index in [-0.39, 0.29) is 24.9 Å². The number of hydrogen-bond acceptors (Lipinski definition) is 6. The topological polar surface area (TPSA) is 102 Å². The SMILES string of the molecule is CCCCOC(=O)c1ccc(NC(=O)COC(=O)[C@H]2CC(=O)N([C@H](C)c3ccccc3)C2)cc1. The molecule has 180 valence electrons. The van der Waals surface area contributed by atoms with E-state index in [1.165, 1.54) is 0 Å². The van der Waals surface area contributed by atoms with Gasteiger partial charge in [-0.05, 0) is 43.2 Å². The zero-order valence-electron chi connectivity index (χ0n) is 19.5. The van der Waals surface area contributed by atoms with E-state index in [9.17, 15) is 19.2 Å². The molecule has 0 aliphatic carbocycles. The molecule has 2 atom stereocenters. The fourth-order valence-electron chi connectivity index (χ4n) is 3.71. The van der Waals surface area contributed by atoms with Crippen molar-refractivity contribution in [1.29, 1.82) is 0 Å². The fourth-order valence-corrected chi connectivity index (χ4v) is 3.71. The van der Waals surface area contributed by atoms with Gasteiger partial charge in [0.1, 0.15) is 0 Å². The lowest BCUT2D eigenvalue weighted by molar-refractivity contribution is -0.151. The van der Waals surface area contributed by atoms with Crippen molar-refractivity contribution >= 4 is 29.4 Å². The van der Waals surface area contributed by atoms with Crippen molar-refractivity contribution in [2.24, 2.45) is 5.92 Å². The lowest BCUT2D eigenvalue weighted by atomic mass is 10.1. The van der Waals surface area contributed by atoms with Crippen molar-refractivity contribution in [3.63, 3.8) is 0 Å². The van der Waals surface area contributed by atoms with E-state index >= 15 is 0 Å². The van der Waals surface area contributed by atoms with Gasteiger partial charge in [-0.3, -0.25) is 14.4 Å². The molecular weight excluding hydrogens is 436 g/mol. The van der Waals surface area contributed by atoms with Gasteiger partial charge in [0.15, 0.2) is 6.61 Å². The second kappa shape index (κ2) is 12.0. The van der Waals surface area contributed by atoms with Gasteiger partial charge >= 0.3 is 11.9 Å². The Morgan fingerprint density at radius 3 is 2.44 bits per heavy atom. The number of nitrogens with one attached hydrogen (secondary N) is 1. The number of ether oxygens (including phenoxy) is 2. The van der Waals surface area contributed by atoms with Crippen LogP contribution in [0.5, 0.6) is 0 Å². The van der Waals surface area contributed by atoms with Crippen LogP contribution in [0.3, 0.4) is 0 Å². The number of unbranched alkanes of at least 4 members (excludes halogenated alkanes) is 1. The lowest BCUT2D eigenvalue weighted by Gasteiger charge is -2.25. The number of anilines is 1. The molecule has 1 heterocycles. The second-order valence-electron chi connectivity index (χ2n) is 8.26. The van der Waals surface area contributed by atoms with E-state index in [0.29, 0.717) is 17.9 Å². The molecule has 0 bridgehead atoms. The van der Waals surface area contributed by atoms with E-state index in [0.717, 1.165) is 18.4 Å². The maximum Gasteiger partial charge on any atom is 0.338 e. The number of hydrogen-bond donors (Lipinski definition) is 1. The Bertz CT molecular complexity index is 1010. The third kappa shape index (κ3) is 6.66. The molecule has 1 N–H and O–H groups in total. The smallest absolute Gasteiger partial charge is 0.338 e. The van der Waals surface area contributed by atoms with Crippen LogP contribution in [0.25, 0.3) is 0 Å². The highest BCUT2D eigenvalue weighted by Gasteiger charge is 2.38. The average molecular weight is 467 g/mol. The molecule has 34 heavy (non-hydrogen) atoms. The van der Waals surface area contributed by atoms with Crippen molar-refractivity contribution in [3.8, 4) is 0 Å². The number of carbonyl (C=O) groups excluding carboxylic acids is 4. The number of likely N-dealkylation sites (tertiary alicyclic amines) is 1. The van der Waals surface area contributed by atoms with Crippen molar-refractivity contribution in [1.82, 2.24) is 4.90 Å². The van der Waals surface area contributed by atoms with Gasteiger partial charge in [0.05, 0.1) is 24.1 Å². The summed E-state index contributed by atoms with van der Waals surface area (Å²) >= 11 is 0. The van der Waals surface area contributed by atoms with Gasteiger partial charge in [0.25, 0.3) is 5.91 Å². The number of amides is 2. The van der Waals surface area contributed by atoms with Gasteiger partial charge in [-0.1, -0.05) is 43.7 Å². The van der Waals surface area contributed by atoms with E-state index in [1.54, 1.807) is 29.2 Å². The minimum Gasteiger partial charge on any atom is -0.462 e. The summed E-state index contributed by atoms with van der Waals surface area (Å²) in [7, 11) is 0. The zero-order valence-corrected chi connectivity index (χ0v) is 19.5. The van der Waals surface area contributed by atoms with Crippen LogP contribution in [0.4, 0.5) is 5.69 Å². The van der Waals surface area contributed by atoms with Crippen LogP contribution in [0.15, 0.2) is 54.6 Å². The lowest BCUT2D eigenvalue weighted by Crippen LogP contribution is -2.30. The molecule has 1 fully saturated rings. The van der Waals surface area contributed by atoms with Gasteiger partial charge < -0.3 is 19.7 Å². The molecule has 0 saturated carbocycles. The molecule has 0 spiro atoms. The first kappa shape index (κ1) is 25.0.